The van der Waals surface area contributed by atoms with Gasteiger partial charge in [-0.05, 0) is 48.9 Å². The first-order chi connectivity index (χ1) is 5.59. The van der Waals surface area contributed by atoms with E-state index >= 15 is 0 Å². The van der Waals surface area contributed by atoms with E-state index in [4.69, 9.17) is 0 Å². The average molecular weight is 166 g/mol. The summed E-state index contributed by atoms with van der Waals surface area (Å²) in [6.45, 7) is 7.28. The van der Waals surface area contributed by atoms with Crippen molar-refractivity contribution in [2.75, 3.05) is 0 Å². The van der Waals surface area contributed by atoms with Crippen LogP contribution in [0.15, 0.2) is 0 Å². The van der Waals surface area contributed by atoms with Crippen molar-refractivity contribution >= 4 is 0 Å². The molecular formula is C12H22. The summed E-state index contributed by atoms with van der Waals surface area (Å²) in [5.41, 5.74) is 0.712. The molecule has 0 nitrogen and oxygen atoms in total. The third-order valence-corrected chi connectivity index (χ3v) is 4.11. The molecule has 2 rings (SSSR count). The molecule has 0 bridgehead atoms. The number of hydrogen-bond donors (Lipinski definition) is 0. The van der Waals surface area contributed by atoms with Gasteiger partial charge in [0.15, 0.2) is 0 Å². The fraction of sp³-hybridized carbons (Fsp3) is 1.00. The van der Waals surface area contributed by atoms with E-state index < -0.39 is 0 Å². The van der Waals surface area contributed by atoms with E-state index in [0.29, 0.717) is 5.41 Å². The zero-order valence-electron chi connectivity index (χ0n) is 8.77. The highest BCUT2D eigenvalue weighted by Gasteiger charge is 2.45. The molecule has 2 aliphatic carbocycles. The second kappa shape index (κ2) is 2.75. The first-order valence-corrected chi connectivity index (χ1v) is 5.59. The van der Waals surface area contributed by atoms with Gasteiger partial charge in [0.2, 0.25) is 0 Å². The minimum absolute atomic E-state index is 0.712. The Morgan fingerprint density at radius 1 is 1.33 bits per heavy atom. The Bertz CT molecular complexity index is 163. The molecule has 0 amide bonds. The lowest BCUT2D eigenvalue weighted by atomic mass is 9.96. The lowest BCUT2D eigenvalue weighted by molar-refractivity contribution is 0.414. The Labute approximate surface area is 76.7 Å². The Balaban J connectivity index is 1.62. The van der Waals surface area contributed by atoms with E-state index in [9.17, 15) is 0 Å². The molecule has 0 aliphatic heterocycles. The fourth-order valence-corrected chi connectivity index (χ4v) is 2.43. The average Bonchev–Trinajstić information content (AvgIpc) is 2.81. The van der Waals surface area contributed by atoms with Gasteiger partial charge >= 0.3 is 0 Å². The van der Waals surface area contributed by atoms with E-state index in [-0.39, 0.29) is 0 Å². The maximum absolute atomic E-state index is 2.45. The van der Waals surface area contributed by atoms with Crippen LogP contribution >= 0.6 is 0 Å². The van der Waals surface area contributed by atoms with Crippen molar-refractivity contribution in [3.8, 4) is 0 Å². The summed E-state index contributed by atoms with van der Waals surface area (Å²) < 4.78 is 0. The summed E-state index contributed by atoms with van der Waals surface area (Å²) in [6.07, 6.45) is 7.54. The van der Waals surface area contributed by atoms with Crippen LogP contribution in [0, 0.1) is 23.2 Å². The first-order valence-electron chi connectivity index (χ1n) is 5.59. The molecule has 2 aliphatic rings. The number of rotatable bonds is 4. The van der Waals surface area contributed by atoms with E-state index in [2.05, 4.69) is 20.8 Å². The molecule has 0 saturated heterocycles. The molecule has 0 aromatic carbocycles. The molecule has 0 heterocycles. The monoisotopic (exact) mass is 166 g/mol. The molecular weight excluding hydrogens is 144 g/mol. The van der Waals surface area contributed by atoms with Gasteiger partial charge in [-0.3, -0.25) is 0 Å². The third kappa shape index (κ3) is 1.84. The van der Waals surface area contributed by atoms with Crippen LogP contribution in [0.25, 0.3) is 0 Å². The lowest BCUT2D eigenvalue weighted by Gasteiger charge is -2.09. The van der Waals surface area contributed by atoms with Crippen molar-refractivity contribution in [1.29, 1.82) is 0 Å². The molecule has 0 heteroatoms. The van der Waals surface area contributed by atoms with Crippen molar-refractivity contribution in [1.82, 2.24) is 0 Å². The van der Waals surface area contributed by atoms with E-state index in [1.54, 1.807) is 0 Å². The van der Waals surface area contributed by atoms with Crippen molar-refractivity contribution in [2.45, 2.75) is 52.9 Å². The summed E-state index contributed by atoms with van der Waals surface area (Å²) in [4.78, 5) is 0. The summed E-state index contributed by atoms with van der Waals surface area (Å²) in [7, 11) is 0. The SMILES string of the molecule is CC(CCC1CC1(C)C)C1CC1. The minimum atomic E-state index is 0.712. The van der Waals surface area contributed by atoms with Gasteiger partial charge in [0, 0.05) is 0 Å². The zero-order valence-corrected chi connectivity index (χ0v) is 8.77. The van der Waals surface area contributed by atoms with E-state index in [1.807, 2.05) is 0 Å². The Morgan fingerprint density at radius 2 is 1.92 bits per heavy atom. The molecule has 12 heavy (non-hydrogen) atoms. The molecule has 70 valence electrons. The van der Waals surface area contributed by atoms with Crippen molar-refractivity contribution in [3.63, 3.8) is 0 Å². The van der Waals surface area contributed by atoms with Crippen LogP contribution in [-0.2, 0) is 0 Å². The summed E-state index contributed by atoms with van der Waals surface area (Å²) in [6, 6.07) is 0. The molecule has 0 aromatic heterocycles. The molecule has 0 aromatic rings. The Morgan fingerprint density at radius 3 is 2.33 bits per heavy atom. The van der Waals surface area contributed by atoms with Gasteiger partial charge in [0.1, 0.15) is 0 Å². The second-order valence-corrected chi connectivity index (χ2v) is 5.78. The van der Waals surface area contributed by atoms with Gasteiger partial charge < -0.3 is 0 Å². The fourth-order valence-electron chi connectivity index (χ4n) is 2.43. The molecule has 0 radical (unpaired) electrons. The molecule has 0 spiro atoms. The standard InChI is InChI=1S/C12H22/c1-9(10-5-6-10)4-7-11-8-12(11,2)3/h9-11H,4-8H2,1-3H3. The maximum atomic E-state index is 2.45. The minimum Gasteiger partial charge on any atom is -0.0622 e. The molecule has 2 saturated carbocycles. The molecule has 2 fully saturated rings. The van der Waals surface area contributed by atoms with E-state index in [0.717, 1.165) is 17.8 Å². The van der Waals surface area contributed by atoms with Crippen molar-refractivity contribution in [2.24, 2.45) is 23.2 Å². The predicted octanol–water partition coefficient (Wildman–Crippen LogP) is 3.86. The van der Waals surface area contributed by atoms with Gasteiger partial charge in [-0.15, -0.1) is 0 Å². The van der Waals surface area contributed by atoms with Gasteiger partial charge in [-0.2, -0.15) is 0 Å². The van der Waals surface area contributed by atoms with Crippen LogP contribution in [0.2, 0.25) is 0 Å². The Kier molecular flexibility index (Phi) is 1.97. The normalized spacial score (nSPS) is 34.8. The highest BCUT2D eigenvalue weighted by molar-refractivity contribution is 4.95. The number of hydrogen-bond acceptors (Lipinski definition) is 0. The first kappa shape index (κ1) is 8.59. The summed E-state index contributed by atoms with van der Waals surface area (Å²) in [5, 5.41) is 0. The van der Waals surface area contributed by atoms with Crippen molar-refractivity contribution in [3.05, 3.63) is 0 Å². The van der Waals surface area contributed by atoms with Crippen LogP contribution in [0.4, 0.5) is 0 Å². The smallest absolute Gasteiger partial charge is 0.0323 e. The van der Waals surface area contributed by atoms with E-state index in [1.165, 1.54) is 32.1 Å². The topological polar surface area (TPSA) is 0 Å². The highest BCUT2D eigenvalue weighted by Crippen LogP contribution is 2.55. The van der Waals surface area contributed by atoms with Crippen LogP contribution in [-0.4, -0.2) is 0 Å². The quantitative estimate of drug-likeness (QED) is 0.595. The predicted molar refractivity (Wildman–Crippen MR) is 53.0 cm³/mol. The van der Waals surface area contributed by atoms with Crippen LogP contribution in [0.5, 0.6) is 0 Å². The highest BCUT2D eigenvalue weighted by atomic mass is 14.5. The Hall–Kier alpha value is 0. The largest absolute Gasteiger partial charge is 0.0622 e. The van der Waals surface area contributed by atoms with Gasteiger partial charge in [-0.25, -0.2) is 0 Å². The maximum Gasteiger partial charge on any atom is -0.0323 e. The van der Waals surface area contributed by atoms with Gasteiger partial charge in [-0.1, -0.05) is 27.2 Å². The van der Waals surface area contributed by atoms with Gasteiger partial charge in [0.25, 0.3) is 0 Å². The molecule has 2 atom stereocenters. The zero-order chi connectivity index (χ0) is 8.77. The van der Waals surface area contributed by atoms with Crippen molar-refractivity contribution < 1.29 is 0 Å². The molecule has 2 unspecified atom stereocenters. The lowest BCUT2D eigenvalue weighted by Crippen LogP contribution is -1.99. The van der Waals surface area contributed by atoms with Crippen LogP contribution in [0.1, 0.15) is 52.9 Å². The summed E-state index contributed by atoms with van der Waals surface area (Å²) in [5.74, 6) is 3.21. The van der Waals surface area contributed by atoms with Crippen LogP contribution < -0.4 is 0 Å². The third-order valence-electron chi connectivity index (χ3n) is 4.11. The molecule has 0 N–H and O–H groups in total. The van der Waals surface area contributed by atoms with Crippen LogP contribution in [0.3, 0.4) is 0 Å². The van der Waals surface area contributed by atoms with Gasteiger partial charge in [0.05, 0.1) is 0 Å². The second-order valence-electron chi connectivity index (χ2n) is 5.78. The summed E-state index contributed by atoms with van der Waals surface area (Å²) >= 11 is 0.